The number of carbonyl (C=O) groups is 1. The van der Waals surface area contributed by atoms with E-state index in [4.69, 9.17) is 0 Å². The molecule has 0 aromatic heterocycles. The van der Waals surface area contributed by atoms with Gasteiger partial charge in [-0.3, -0.25) is 10.1 Å². The van der Waals surface area contributed by atoms with E-state index in [1.807, 2.05) is 19.1 Å². The maximum absolute atomic E-state index is 11.3. The number of nitro benzene ring substituents is 1. The molecule has 0 bridgehead atoms. The Hall–Kier alpha value is -2.69. The number of nitro groups is 1. The van der Waals surface area contributed by atoms with E-state index in [0.717, 1.165) is 17.2 Å². The Labute approximate surface area is 109 Å². The van der Waals surface area contributed by atoms with Crippen molar-refractivity contribution in [2.75, 3.05) is 0 Å². The SMILES string of the molecule is Cc1ccccc1-c1ccc([N+](=O)[O-])cc1C(=O)O. The van der Waals surface area contributed by atoms with E-state index in [-0.39, 0.29) is 11.3 Å². The molecule has 0 heterocycles. The first-order chi connectivity index (χ1) is 9.00. The van der Waals surface area contributed by atoms with Gasteiger partial charge in [0.05, 0.1) is 10.5 Å². The summed E-state index contributed by atoms with van der Waals surface area (Å²) in [5.74, 6) is -1.18. The van der Waals surface area contributed by atoms with Gasteiger partial charge in [0.2, 0.25) is 0 Å². The molecular weight excluding hydrogens is 246 g/mol. The molecule has 0 saturated carbocycles. The van der Waals surface area contributed by atoms with E-state index in [0.29, 0.717) is 5.56 Å². The van der Waals surface area contributed by atoms with Crippen molar-refractivity contribution in [2.45, 2.75) is 6.92 Å². The third kappa shape index (κ3) is 2.44. The molecule has 0 saturated heterocycles. The van der Waals surface area contributed by atoms with Gasteiger partial charge in [-0.15, -0.1) is 0 Å². The van der Waals surface area contributed by atoms with Crippen LogP contribution < -0.4 is 0 Å². The summed E-state index contributed by atoms with van der Waals surface area (Å²) in [6.45, 7) is 1.86. The number of hydrogen-bond donors (Lipinski definition) is 1. The summed E-state index contributed by atoms with van der Waals surface area (Å²) in [4.78, 5) is 21.4. The first-order valence-electron chi connectivity index (χ1n) is 5.58. The van der Waals surface area contributed by atoms with Gasteiger partial charge in [-0.2, -0.15) is 0 Å². The highest BCUT2D eigenvalue weighted by Gasteiger charge is 2.17. The van der Waals surface area contributed by atoms with Gasteiger partial charge in [-0.05, 0) is 29.7 Å². The van der Waals surface area contributed by atoms with Crippen LogP contribution in [0.15, 0.2) is 42.5 Å². The van der Waals surface area contributed by atoms with Crippen LogP contribution >= 0.6 is 0 Å². The summed E-state index contributed by atoms with van der Waals surface area (Å²) < 4.78 is 0. The smallest absolute Gasteiger partial charge is 0.336 e. The zero-order valence-corrected chi connectivity index (χ0v) is 10.2. The Morgan fingerprint density at radius 2 is 1.84 bits per heavy atom. The Kier molecular flexibility index (Phi) is 3.29. The minimum atomic E-state index is -1.18. The number of nitrogens with zero attached hydrogens (tertiary/aromatic N) is 1. The zero-order valence-electron chi connectivity index (χ0n) is 10.2. The number of carboxylic acid groups (broad SMARTS) is 1. The number of benzene rings is 2. The van der Waals surface area contributed by atoms with Crippen molar-refractivity contribution in [3.05, 3.63) is 63.7 Å². The summed E-state index contributed by atoms with van der Waals surface area (Å²) in [7, 11) is 0. The lowest BCUT2D eigenvalue weighted by molar-refractivity contribution is -0.384. The maximum atomic E-state index is 11.3. The normalized spacial score (nSPS) is 10.2. The lowest BCUT2D eigenvalue weighted by Crippen LogP contribution is -2.02. The fourth-order valence-corrected chi connectivity index (χ4v) is 1.93. The molecular formula is C14H11NO4. The summed E-state index contributed by atoms with van der Waals surface area (Å²) in [6.07, 6.45) is 0. The van der Waals surface area contributed by atoms with Gasteiger partial charge in [0, 0.05) is 12.1 Å². The van der Waals surface area contributed by atoms with E-state index in [1.165, 1.54) is 12.1 Å². The van der Waals surface area contributed by atoms with E-state index in [9.17, 15) is 20.0 Å². The van der Waals surface area contributed by atoms with Crippen molar-refractivity contribution >= 4 is 11.7 Å². The minimum Gasteiger partial charge on any atom is -0.478 e. The molecule has 1 N–H and O–H groups in total. The molecule has 0 spiro atoms. The summed E-state index contributed by atoms with van der Waals surface area (Å²) >= 11 is 0. The van der Waals surface area contributed by atoms with Crippen LogP contribution in [0.1, 0.15) is 15.9 Å². The number of rotatable bonds is 3. The predicted molar refractivity (Wildman–Crippen MR) is 70.2 cm³/mol. The van der Waals surface area contributed by atoms with Crippen LogP contribution in [0, 0.1) is 17.0 Å². The van der Waals surface area contributed by atoms with Gasteiger partial charge < -0.3 is 5.11 Å². The molecule has 0 radical (unpaired) electrons. The van der Waals surface area contributed by atoms with Crippen LogP contribution in [0.25, 0.3) is 11.1 Å². The number of aryl methyl sites for hydroxylation is 1. The fourth-order valence-electron chi connectivity index (χ4n) is 1.93. The number of non-ortho nitro benzene ring substituents is 1. The largest absolute Gasteiger partial charge is 0.478 e. The van der Waals surface area contributed by atoms with Crippen molar-refractivity contribution in [1.29, 1.82) is 0 Å². The molecule has 0 aliphatic rings. The Bertz CT molecular complexity index is 664. The topological polar surface area (TPSA) is 80.4 Å². The summed E-state index contributed by atoms with van der Waals surface area (Å²) in [5.41, 5.74) is 1.86. The van der Waals surface area contributed by atoms with E-state index < -0.39 is 10.9 Å². The van der Waals surface area contributed by atoms with Crippen LogP contribution in [0.4, 0.5) is 5.69 Å². The molecule has 2 aromatic rings. The van der Waals surface area contributed by atoms with Crippen LogP contribution in [0.2, 0.25) is 0 Å². The first kappa shape index (κ1) is 12.8. The van der Waals surface area contributed by atoms with Gasteiger partial charge in [0.1, 0.15) is 0 Å². The minimum absolute atomic E-state index is 0.0662. The first-order valence-corrected chi connectivity index (χ1v) is 5.58. The lowest BCUT2D eigenvalue weighted by atomic mass is 9.95. The van der Waals surface area contributed by atoms with Crippen LogP contribution in [-0.4, -0.2) is 16.0 Å². The zero-order chi connectivity index (χ0) is 14.0. The van der Waals surface area contributed by atoms with Crippen molar-refractivity contribution in [1.82, 2.24) is 0 Å². The molecule has 0 fully saturated rings. The van der Waals surface area contributed by atoms with Gasteiger partial charge >= 0.3 is 5.97 Å². The number of hydrogen-bond acceptors (Lipinski definition) is 3. The molecule has 0 atom stereocenters. The molecule has 96 valence electrons. The highest BCUT2D eigenvalue weighted by molar-refractivity contribution is 5.97. The predicted octanol–water partition coefficient (Wildman–Crippen LogP) is 3.27. The van der Waals surface area contributed by atoms with Crippen LogP contribution in [-0.2, 0) is 0 Å². The van der Waals surface area contributed by atoms with Crippen molar-refractivity contribution in [2.24, 2.45) is 0 Å². The van der Waals surface area contributed by atoms with Gasteiger partial charge in [-0.1, -0.05) is 24.3 Å². The quantitative estimate of drug-likeness (QED) is 0.675. The molecule has 2 rings (SSSR count). The van der Waals surface area contributed by atoms with Crippen LogP contribution in [0.5, 0.6) is 0 Å². The Balaban J connectivity index is 2.67. The van der Waals surface area contributed by atoms with Gasteiger partial charge in [0.25, 0.3) is 5.69 Å². The molecule has 2 aromatic carbocycles. The highest BCUT2D eigenvalue weighted by atomic mass is 16.6. The van der Waals surface area contributed by atoms with E-state index >= 15 is 0 Å². The van der Waals surface area contributed by atoms with Crippen molar-refractivity contribution in [3.63, 3.8) is 0 Å². The monoisotopic (exact) mass is 257 g/mol. The Morgan fingerprint density at radius 1 is 1.16 bits per heavy atom. The average Bonchev–Trinajstić information content (AvgIpc) is 2.38. The molecule has 0 unspecified atom stereocenters. The van der Waals surface area contributed by atoms with Crippen LogP contribution in [0.3, 0.4) is 0 Å². The second-order valence-electron chi connectivity index (χ2n) is 4.11. The molecule has 19 heavy (non-hydrogen) atoms. The standard InChI is InChI=1S/C14H11NO4/c1-9-4-2-3-5-11(9)12-7-6-10(15(18)19)8-13(12)14(16)17/h2-8H,1H3,(H,16,17). The number of aromatic carboxylic acids is 1. The third-order valence-electron chi connectivity index (χ3n) is 2.88. The Morgan fingerprint density at radius 3 is 2.42 bits per heavy atom. The molecule has 0 aliphatic carbocycles. The average molecular weight is 257 g/mol. The van der Waals surface area contributed by atoms with E-state index in [2.05, 4.69) is 0 Å². The second-order valence-corrected chi connectivity index (χ2v) is 4.11. The van der Waals surface area contributed by atoms with E-state index in [1.54, 1.807) is 12.1 Å². The fraction of sp³-hybridized carbons (Fsp3) is 0.0714. The summed E-state index contributed by atoms with van der Waals surface area (Å²) in [6, 6.07) is 11.2. The highest BCUT2D eigenvalue weighted by Crippen LogP contribution is 2.29. The summed E-state index contributed by atoms with van der Waals surface area (Å²) in [5, 5.41) is 19.9. The molecule has 0 aliphatic heterocycles. The number of carboxylic acids is 1. The van der Waals surface area contributed by atoms with Crippen molar-refractivity contribution < 1.29 is 14.8 Å². The molecule has 5 heteroatoms. The maximum Gasteiger partial charge on any atom is 0.336 e. The van der Waals surface area contributed by atoms with Crippen molar-refractivity contribution in [3.8, 4) is 11.1 Å². The molecule has 0 amide bonds. The molecule has 5 nitrogen and oxygen atoms in total. The second kappa shape index (κ2) is 4.89. The third-order valence-corrected chi connectivity index (χ3v) is 2.88. The van der Waals surface area contributed by atoms with Gasteiger partial charge in [0.15, 0.2) is 0 Å². The van der Waals surface area contributed by atoms with Gasteiger partial charge in [-0.25, -0.2) is 4.79 Å². The lowest BCUT2D eigenvalue weighted by Gasteiger charge is -2.09.